The van der Waals surface area contributed by atoms with Crippen LogP contribution >= 0.6 is 12.2 Å². The van der Waals surface area contributed by atoms with Gasteiger partial charge in [0.05, 0.1) is 19.3 Å². The van der Waals surface area contributed by atoms with Gasteiger partial charge in [0.1, 0.15) is 4.99 Å². The molecule has 1 aromatic rings. The molecule has 0 aromatic heterocycles. The largest absolute Gasteiger partial charge is 0.389 e. The average Bonchev–Trinajstić information content (AvgIpc) is 2.47. The first-order valence-electron chi connectivity index (χ1n) is 7.12. The summed E-state index contributed by atoms with van der Waals surface area (Å²) in [5, 5.41) is 2.88. The molecule has 1 aliphatic rings. The van der Waals surface area contributed by atoms with Crippen LogP contribution in [0.25, 0.3) is 0 Å². The zero-order valence-corrected chi connectivity index (χ0v) is 13.0. The van der Waals surface area contributed by atoms with Gasteiger partial charge in [0.15, 0.2) is 0 Å². The maximum absolute atomic E-state index is 12.1. The van der Waals surface area contributed by atoms with Gasteiger partial charge in [0.25, 0.3) is 0 Å². The van der Waals surface area contributed by atoms with Gasteiger partial charge in [-0.1, -0.05) is 19.1 Å². The molecule has 0 radical (unpaired) electrons. The third-order valence-electron chi connectivity index (χ3n) is 3.50. The zero-order chi connectivity index (χ0) is 15.2. The lowest BCUT2D eigenvalue weighted by atomic mass is 10.2. The molecule has 5 nitrogen and oxygen atoms in total. The van der Waals surface area contributed by atoms with E-state index in [9.17, 15) is 4.79 Å². The number of nitrogens with zero attached hydrogens (tertiary/aromatic N) is 1. The van der Waals surface area contributed by atoms with Crippen molar-refractivity contribution in [3.8, 4) is 0 Å². The van der Waals surface area contributed by atoms with Crippen LogP contribution in [-0.2, 0) is 9.53 Å². The Balaban J connectivity index is 1.85. The van der Waals surface area contributed by atoms with Gasteiger partial charge in [0.2, 0.25) is 5.91 Å². The second-order valence-corrected chi connectivity index (χ2v) is 5.57. The molecule has 114 valence electrons. The van der Waals surface area contributed by atoms with E-state index in [1.54, 1.807) is 24.3 Å². The highest BCUT2D eigenvalue weighted by Gasteiger charge is 2.20. The lowest BCUT2D eigenvalue weighted by molar-refractivity contribution is -0.119. The number of carbonyl (C=O) groups is 1. The molecule has 0 bridgehead atoms. The van der Waals surface area contributed by atoms with Crippen LogP contribution in [0, 0.1) is 0 Å². The normalized spacial score (nSPS) is 19.2. The Hall–Kier alpha value is -1.50. The van der Waals surface area contributed by atoms with Crippen LogP contribution in [0.2, 0.25) is 0 Å². The summed E-state index contributed by atoms with van der Waals surface area (Å²) in [4.78, 5) is 14.5. The van der Waals surface area contributed by atoms with Gasteiger partial charge >= 0.3 is 0 Å². The fourth-order valence-electron chi connectivity index (χ4n) is 2.29. The Labute approximate surface area is 130 Å². The van der Waals surface area contributed by atoms with Crippen molar-refractivity contribution in [1.82, 2.24) is 4.90 Å². The molecule has 1 aliphatic heterocycles. The molecule has 1 heterocycles. The number of nitrogens with one attached hydrogen (secondary N) is 1. The summed E-state index contributed by atoms with van der Waals surface area (Å²) in [6, 6.07) is 7.22. The SMILES string of the molecule is CCC1CN(CC(=O)Nc2ccc(C(N)=S)cc2)CCO1. The second-order valence-electron chi connectivity index (χ2n) is 5.13. The predicted molar refractivity (Wildman–Crippen MR) is 87.4 cm³/mol. The molecule has 3 N–H and O–H groups in total. The topological polar surface area (TPSA) is 67.6 Å². The number of benzene rings is 1. The summed E-state index contributed by atoms with van der Waals surface area (Å²) < 4.78 is 5.60. The summed E-state index contributed by atoms with van der Waals surface area (Å²) in [6.07, 6.45) is 1.20. The summed E-state index contributed by atoms with van der Waals surface area (Å²) in [5.74, 6) is -0.0187. The van der Waals surface area contributed by atoms with Crippen molar-refractivity contribution in [3.63, 3.8) is 0 Å². The monoisotopic (exact) mass is 307 g/mol. The van der Waals surface area contributed by atoms with Gasteiger partial charge in [-0.3, -0.25) is 9.69 Å². The number of nitrogens with two attached hydrogens (primary N) is 1. The third-order valence-corrected chi connectivity index (χ3v) is 3.73. The highest BCUT2D eigenvalue weighted by Crippen LogP contribution is 2.11. The minimum absolute atomic E-state index is 0.0187. The van der Waals surface area contributed by atoms with Gasteiger partial charge < -0.3 is 15.8 Å². The Morgan fingerprint density at radius 2 is 2.19 bits per heavy atom. The van der Waals surface area contributed by atoms with E-state index in [0.29, 0.717) is 18.1 Å². The van der Waals surface area contributed by atoms with Crippen molar-refractivity contribution >= 4 is 28.8 Å². The Morgan fingerprint density at radius 1 is 1.48 bits per heavy atom. The number of amides is 1. The van der Waals surface area contributed by atoms with Crippen LogP contribution in [0.5, 0.6) is 0 Å². The van der Waals surface area contributed by atoms with Crippen molar-refractivity contribution in [2.45, 2.75) is 19.4 Å². The number of rotatable bonds is 5. The lowest BCUT2D eigenvalue weighted by Crippen LogP contribution is -2.45. The molecule has 1 saturated heterocycles. The fourth-order valence-corrected chi connectivity index (χ4v) is 2.43. The summed E-state index contributed by atoms with van der Waals surface area (Å²) in [6.45, 7) is 4.78. The number of hydrogen-bond acceptors (Lipinski definition) is 4. The van der Waals surface area contributed by atoms with Crippen molar-refractivity contribution in [2.24, 2.45) is 5.73 Å². The first-order chi connectivity index (χ1) is 10.1. The third kappa shape index (κ3) is 4.77. The van der Waals surface area contributed by atoms with Gasteiger partial charge in [-0.15, -0.1) is 0 Å². The van der Waals surface area contributed by atoms with E-state index in [1.165, 1.54) is 0 Å². The maximum Gasteiger partial charge on any atom is 0.238 e. The highest BCUT2D eigenvalue weighted by atomic mass is 32.1. The van der Waals surface area contributed by atoms with Gasteiger partial charge in [-0.25, -0.2) is 0 Å². The molecular weight excluding hydrogens is 286 g/mol. The highest BCUT2D eigenvalue weighted by molar-refractivity contribution is 7.80. The van der Waals surface area contributed by atoms with Crippen LogP contribution in [0.4, 0.5) is 5.69 Å². The number of ether oxygens (including phenoxy) is 1. The molecule has 1 aromatic carbocycles. The van der Waals surface area contributed by atoms with Crippen molar-refractivity contribution in [1.29, 1.82) is 0 Å². The quantitative estimate of drug-likeness (QED) is 0.804. The molecule has 1 unspecified atom stereocenters. The van der Waals surface area contributed by atoms with Gasteiger partial charge in [0, 0.05) is 24.3 Å². The number of morpholine rings is 1. The van der Waals surface area contributed by atoms with Crippen molar-refractivity contribution < 1.29 is 9.53 Å². The van der Waals surface area contributed by atoms with Gasteiger partial charge in [-0.2, -0.15) is 0 Å². The molecule has 0 spiro atoms. The lowest BCUT2D eigenvalue weighted by Gasteiger charge is -2.31. The van der Waals surface area contributed by atoms with E-state index < -0.39 is 0 Å². The standard InChI is InChI=1S/C15H21N3O2S/c1-2-13-9-18(7-8-20-13)10-14(19)17-12-5-3-11(4-6-12)15(16)21/h3-6,13H,2,7-10H2,1H3,(H2,16,21)(H,17,19). The van der Waals surface area contributed by atoms with Crippen LogP contribution in [0.3, 0.4) is 0 Å². The molecule has 0 saturated carbocycles. The van der Waals surface area contributed by atoms with Gasteiger partial charge in [-0.05, 0) is 30.7 Å². The predicted octanol–water partition coefficient (Wildman–Crippen LogP) is 1.37. The van der Waals surface area contributed by atoms with Crippen LogP contribution in [0.1, 0.15) is 18.9 Å². The number of hydrogen-bond donors (Lipinski definition) is 2. The maximum atomic E-state index is 12.1. The summed E-state index contributed by atoms with van der Waals surface area (Å²) in [5.41, 5.74) is 7.08. The number of thiocarbonyl (C=S) groups is 1. The molecule has 1 fully saturated rings. The minimum atomic E-state index is -0.0187. The van der Waals surface area contributed by atoms with E-state index >= 15 is 0 Å². The van der Waals surface area contributed by atoms with E-state index in [0.717, 1.165) is 30.8 Å². The molecular formula is C15H21N3O2S. The Kier molecular flexibility index (Phi) is 5.67. The van der Waals surface area contributed by atoms with Crippen molar-refractivity contribution in [2.75, 3.05) is 31.6 Å². The number of carbonyl (C=O) groups excluding carboxylic acids is 1. The minimum Gasteiger partial charge on any atom is -0.389 e. The average molecular weight is 307 g/mol. The van der Waals surface area contributed by atoms with E-state index in [2.05, 4.69) is 17.1 Å². The molecule has 0 aliphatic carbocycles. The van der Waals surface area contributed by atoms with Crippen LogP contribution < -0.4 is 11.1 Å². The summed E-state index contributed by atoms with van der Waals surface area (Å²) >= 11 is 4.90. The fraction of sp³-hybridized carbons (Fsp3) is 0.467. The first kappa shape index (κ1) is 15.9. The van der Waals surface area contributed by atoms with E-state index in [4.69, 9.17) is 22.7 Å². The zero-order valence-electron chi connectivity index (χ0n) is 12.2. The molecule has 21 heavy (non-hydrogen) atoms. The van der Waals surface area contributed by atoms with E-state index in [1.807, 2.05) is 0 Å². The van der Waals surface area contributed by atoms with E-state index in [-0.39, 0.29) is 12.0 Å². The molecule has 6 heteroatoms. The molecule has 1 atom stereocenters. The summed E-state index contributed by atoms with van der Waals surface area (Å²) in [7, 11) is 0. The van der Waals surface area contributed by atoms with Crippen LogP contribution in [-0.4, -0.2) is 48.1 Å². The Bertz CT molecular complexity index is 504. The second kappa shape index (κ2) is 7.49. The van der Waals surface area contributed by atoms with Crippen molar-refractivity contribution in [3.05, 3.63) is 29.8 Å². The first-order valence-corrected chi connectivity index (χ1v) is 7.53. The smallest absolute Gasteiger partial charge is 0.238 e. The molecule has 2 rings (SSSR count). The van der Waals surface area contributed by atoms with Crippen LogP contribution in [0.15, 0.2) is 24.3 Å². The number of anilines is 1. The Morgan fingerprint density at radius 3 is 2.81 bits per heavy atom. The molecule has 1 amide bonds.